The smallest absolute Gasteiger partial charge is 0.150 e. The van der Waals surface area contributed by atoms with Crippen LogP contribution in [-0.4, -0.2) is 13.7 Å². The van der Waals surface area contributed by atoms with E-state index in [-0.39, 0.29) is 5.82 Å². The second kappa shape index (κ2) is 4.09. The summed E-state index contributed by atoms with van der Waals surface area (Å²) in [6.07, 6.45) is 0. The topological polar surface area (TPSA) is 38.5 Å². The summed E-state index contributed by atoms with van der Waals surface area (Å²) < 4.78 is 13.3. The van der Waals surface area contributed by atoms with E-state index >= 15 is 0 Å². The number of halogens is 1. The average Bonchev–Trinajstić information content (AvgIpc) is 2.11. The quantitative estimate of drug-likeness (QED) is 0.575. The first-order valence-electron chi connectivity index (χ1n) is 4.06. The van der Waals surface area contributed by atoms with Gasteiger partial charge >= 0.3 is 0 Å². The van der Waals surface area contributed by atoms with E-state index < -0.39 is 0 Å². The van der Waals surface area contributed by atoms with Crippen LogP contribution in [-0.2, 0) is 4.84 Å². The lowest BCUT2D eigenvalue weighted by Gasteiger charge is -2.21. The molecule has 0 spiro atoms. The van der Waals surface area contributed by atoms with E-state index in [0.717, 1.165) is 0 Å². The molecule has 0 aromatic heterocycles. The molecule has 0 heterocycles. The number of hydroxylamine groups is 1. The van der Waals surface area contributed by atoms with E-state index in [1.165, 1.54) is 18.2 Å². The second-order valence-corrected chi connectivity index (χ2v) is 2.55. The zero-order valence-electron chi connectivity index (χ0n) is 7.75. The maximum atomic E-state index is 13.3. The number of rotatable bonds is 3. The van der Waals surface area contributed by atoms with Gasteiger partial charge in [-0.3, -0.25) is 4.84 Å². The van der Waals surface area contributed by atoms with Gasteiger partial charge in [-0.25, -0.2) is 9.45 Å². The molecule has 0 aliphatic carbocycles. The van der Waals surface area contributed by atoms with E-state index in [2.05, 4.69) is 0 Å². The molecule has 0 saturated heterocycles. The van der Waals surface area contributed by atoms with Gasteiger partial charge in [0.15, 0.2) is 5.82 Å². The normalized spacial score (nSPS) is 10.1. The summed E-state index contributed by atoms with van der Waals surface area (Å²) in [5, 5.41) is 1.41. The Bertz CT molecular complexity index is 267. The minimum atomic E-state index is -0.372. The first-order valence-corrected chi connectivity index (χ1v) is 4.06. The van der Waals surface area contributed by atoms with Crippen molar-refractivity contribution in [2.24, 2.45) is 0 Å². The lowest BCUT2D eigenvalue weighted by Crippen LogP contribution is -2.23. The molecule has 0 fully saturated rings. The maximum absolute atomic E-state index is 13.3. The Morgan fingerprint density at radius 2 is 2.23 bits per heavy atom. The molecule has 0 aliphatic heterocycles. The number of nitrogens with zero attached hydrogens (tertiary/aromatic N) is 1. The van der Waals surface area contributed by atoms with Crippen LogP contribution in [0.2, 0.25) is 0 Å². The fourth-order valence-electron chi connectivity index (χ4n) is 1.17. The fourth-order valence-corrected chi connectivity index (χ4v) is 1.17. The van der Waals surface area contributed by atoms with Crippen LogP contribution in [0.4, 0.5) is 15.8 Å². The summed E-state index contributed by atoms with van der Waals surface area (Å²) in [5.41, 5.74) is 6.29. The van der Waals surface area contributed by atoms with Crippen molar-refractivity contribution in [3.05, 3.63) is 24.0 Å². The van der Waals surface area contributed by atoms with E-state index in [9.17, 15) is 4.39 Å². The standard InChI is InChI=1S/C9H13FN2O/c1-3-12(13-2)9-7(10)5-4-6-8(9)11/h4-6H,3,11H2,1-2H3. The van der Waals surface area contributed by atoms with Crippen LogP contribution in [0.3, 0.4) is 0 Å². The van der Waals surface area contributed by atoms with Crippen molar-refractivity contribution in [2.45, 2.75) is 6.92 Å². The van der Waals surface area contributed by atoms with Crippen molar-refractivity contribution in [3.63, 3.8) is 0 Å². The molecule has 0 bridgehead atoms. The number of hydrogen-bond donors (Lipinski definition) is 1. The molecule has 0 saturated carbocycles. The molecule has 1 rings (SSSR count). The maximum Gasteiger partial charge on any atom is 0.150 e. The third kappa shape index (κ3) is 1.89. The van der Waals surface area contributed by atoms with E-state index in [1.807, 2.05) is 6.92 Å². The van der Waals surface area contributed by atoms with Crippen molar-refractivity contribution in [2.75, 3.05) is 24.5 Å². The highest BCUT2D eigenvalue weighted by atomic mass is 19.1. The largest absolute Gasteiger partial charge is 0.397 e. The minimum Gasteiger partial charge on any atom is -0.397 e. The van der Waals surface area contributed by atoms with Crippen LogP contribution < -0.4 is 10.8 Å². The molecule has 0 aliphatic rings. The third-order valence-corrected chi connectivity index (χ3v) is 1.77. The fraction of sp³-hybridized carbons (Fsp3) is 0.333. The van der Waals surface area contributed by atoms with Crippen molar-refractivity contribution in [1.82, 2.24) is 0 Å². The van der Waals surface area contributed by atoms with Crippen molar-refractivity contribution >= 4 is 11.4 Å². The molecule has 3 nitrogen and oxygen atoms in total. The van der Waals surface area contributed by atoms with Crippen LogP contribution in [0.1, 0.15) is 6.92 Å². The van der Waals surface area contributed by atoms with Gasteiger partial charge < -0.3 is 5.73 Å². The summed E-state index contributed by atoms with van der Waals surface area (Å²) >= 11 is 0. The molecule has 1 aromatic carbocycles. The molecule has 0 atom stereocenters. The van der Waals surface area contributed by atoms with Gasteiger partial charge in [-0.15, -0.1) is 0 Å². The molecule has 72 valence electrons. The molecule has 2 N–H and O–H groups in total. The van der Waals surface area contributed by atoms with Crippen molar-refractivity contribution < 1.29 is 9.23 Å². The molecule has 13 heavy (non-hydrogen) atoms. The Labute approximate surface area is 76.9 Å². The lowest BCUT2D eigenvalue weighted by atomic mass is 10.2. The van der Waals surface area contributed by atoms with Gasteiger partial charge in [0.1, 0.15) is 5.69 Å². The van der Waals surface area contributed by atoms with Gasteiger partial charge in [0, 0.05) is 6.54 Å². The Hall–Kier alpha value is -1.29. The highest BCUT2D eigenvalue weighted by Crippen LogP contribution is 2.26. The number of para-hydroxylation sites is 1. The molecular formula is C9H13FN2O. The number of nitrogen functional groups attached to an aromatic ring is 1. The number of benzene rings is 1. The van der Waals surface area contributed by atoms with E-state index in [1.54, 1.807) is 12.1 Å². The molecule has 4 heteroatoms. The van der Waals surface area contributed by atoms with Gasteiger partial charge in [0.2, 0.25) is 0 Å². The predicted molar refractivity (Wildman–Crippen MR) is 50.8 cm³/mol. The summed E-state index contributed by atoms with van der Waals surface area (Å²) in [7, 11) is 1.48. The monoisotopic (exact) mass is 184 g/mol. The Morgan fingerprint density at radius 3 is 2.69 bits per heavy atom. The minimum absolute atomic E-state index is 0.299. The average molecular weight is 184 g/mol. The lowest BCUT2D eigenvalue weighted by molar-refractivity contribution is 0.169. The van der Waals surface area contributed by atoms with Gasteiger partial charge in [0.25, 0.3) is 0 Å². The third-order valence-electron chi connectivity index (χ3n) is 1.77. The molecular weight excluding hydrogens is 171 g/mol. The predicted octanol–water partition coefficient (Wildman–Crippen LogP) is 1.80. The number of anilines is 2. The van der Waals surface area contributed by atoms with Crippen LogP contribution in [0.15, 0.2) is 18.2 Å². The number of hydrogen-bond acceptors (Lipinski definition) is 3. The summed E-state index contributed by atoms with van der Waals surface area (Å²) in [5.74, 6) is -0.372. The van der Waals surface area contributed by atoms with Crippen LogP contribution in [0.25, 0.3) is 0 Å². The second-order valence-electron chi connectivity index (χ2n) is 2.55. The van der Waals surface area contributed by atoms with Crippen molar-refractivity contribution in [3.8, 4) is 0 Å². The Balaban J connectivity index is 3.10. The van der Waals surface area contributed by atoms with Crippen LogP contribution in [0, 0.1) is 5.82 Å². The van der Waals surface area contributed by atoms with Gasteiger partial charge in [-0.2, -0.15) is 0 Å². The SMILES string of the molecule is CCN(OC)c1c(N)cccc1F. The summed E-state index contributed by atoms with van der Waals surface area (Å²) in [6, 6.07) is 4.56. The first-order chi connectivity index (χ1) is 6.20. The Kier molecular flexibility index (Phi) is 3.08. The zero-order valence-corrected chi connectivity index (χ0v) is 7.75. The highest BCUT2D eigenvalue weighted by molar-refractivity contribution is 5.66. The zero-order chi connectivity index (χ0) is 9.84. The van der Waals surface area contributed by atoms with Crippen molar-refractivity contribution in [1.29, 1.82) is 0 Å². The molecule has 0 amide bonds. The van der Waals surface area contributed by atoms with Gasteiger partial charge in [-0.05, 0) is 19.1 Å². The molecule has 1 aromatic rings. The highest BCUT2D eigenvalue weighted by Gasteiger charge is 2.12. The van der Waals surface area contributed by atoms with Gasteiger partial charge in [-0.1, -0.05) is 6.07 Å². The number of nitrogens with two attached hydrogens (primary N) is 1. The summed E-state index contributed by atoms with van der Waals surface area (Å²) in [6.45, 7) is 2.40. The first kappa shape index (κ1) is 9.80. The van der Waals surface area contributed by atoms with E-state index in [4.69, 9.17) is 10.6 Å². The molecule has 0 radical (unpaired) electrons. The van der Waals surface area contributed by atoms with Crippen LogP contribution in [0.5, 0.6) is 0 Å². The molecule has 0 unspecified atom stereocenters. The van der Waals surface area contributed by atoms with E-state index in [0.29, 0.717) is 17.9 Å². The summed E-state index contributed by atoms with van der Waals surface area (Å²) in [4.78, 5) is 4.96. The Morgan fingerprint density at radius 1 is 1.54 bits per heavy atom. The van der Waals surface area contributed by atoms with Gasteiger partial charge in [0.05, 0.1) is 12.8 Å². The van der Waals surface area contributed by atoms with Crippen LogP contribution >= 0.6 is 0 Å².